The fourth-order valence-electron chi connectivity index (χ4n) is 3.17. The van der Waals surface area contributed by atoms with Crippen LogP contribution in [0.2, 0.25) is 5.02 Å². The van der Waals surface area contributed by atoms with Gasteiger partial charge >= 0.3 is 6.18 Å². The molecule has 2 aromatic carbocycles. The first-order valence-corrected chi connectivity index (χ1v) is 12.4. The molecule has 3 rings (SSSR count). The van der Waals surface area contributed by atoms with Gasteiger partial charge in [0.25, 0.3) is 5.91 Å². The molecule has 11 heteroatoms. The normalized spacial score (nSPS) is 13.9. The quantitative estimate of drug-likeness (QED) is 0.533. The lowest BCUT2D eigenvalue weighted by Crippen LogP contribution is -2.27. The first-order valence-electron chi connectivity index (χ1n) is 9.16. The van der Waals surface area contributed by atoms with E-state index < -0.39 is 28.5 Å². The summed E-state index contributed by atoms with van der Waals surface area (Å²) in [6.45, 7) is 0.817. The van der Waals surface area contributed by atoms with Crippen LogP contribution >= 0.6 is 23.4 Å². The smallest absolute Gasteiger partial charge is 0.422 e. The summed E-state index contributed by atoms with van der Waals surface area (Å²) in [6, 6.07) is 6.91. The highest BCUT2D eigenvalue weighted by Gasteiger charge is 2.32. The number of ether oxygens (including phenoxy) is 1. The molecule has 168 valence electrons. The van der Waals surface area contributed by atoms with Gasteiger partial charge in [-0.15, -0.1) is 11.8 Å². The molecular formula is C20H19ClF3NO4S2. The van der Waals surface area contributed by atoms with Crippen molar-refractivity contribution in [1.29, 1.82) is 0 Å². The van der Waals surface area contributed by atoms with Crippen molar-refractivity contribution in [2.45, 2.75) is 36.0 Å². The molecular weight excluding hydrogens is 475 g/mol. The van der Waals surface area contributed by atoms with Crippen LogP contribution < -0.4 is 4.74 Å². The number of alkyl halides is 3. The van der Waals surface area contributed by atoms with Gasteiger partial charge in [0.05, 0.1) is 15.5 Å². The van der Waals surface area contributed by atoms with Crippen molar-refractivity contribution in [3.8, 4) is 5.75 Å². The molecule has 0 atom stereocenters. The Kier molecular flexibility index (Phi) is 6.83. The Balaban J connectivity index is 1.93. The molecule has 0 radical (unpaired) electrons. The monoisotopic (exact) mass is 493 g/mol. The summed E-state index contributed by atoms with van der Waals surface area (Å²) < 4.78 is 66.5. The maximum Gasteiger partial charge on any atom is 0.422 e. The van der Waals surface area contributed by atoms with E-state index in [0.29, 0.717) is 5.02 Å². The number of benzene rings is 2. The van der Waals surface area contributed by atoms with Crippen LogP contribution in [0.3, 0.4) is 0 Å². The van der Waals surface area contributed by atoms with E-state index in [2.05, 4.69) is 0 Å². The lowest BCUT2D eigenvalue weighted by molar-refractivity contribution is -0.153. The topological polar surface area (TPSA) is 63.7 Å². The third-order valence-electron chi connectivity index (χ3n) is 4.56. The minimum atomic E-state index is -4.61. The van der Waals surface area contributed by atoms with E-state index in [-0.39, 0.29) is 29.3 Å². The number of carbonyl (C=O) groups excluding carboxylic acids is 1. The Morgan fingerprint density at radius 1 is 1.19 bits per heavy atom. The van der Waals surface area contributed by atoms with Crippen molar-refractivity contribution in [2.75, 3.05) is 18.6 Å². The van der Waals surface area contributed by atoms with Crippen molar-refractivity contribution >= 4 is 39.1 Å². The van der Waals surface area contributed by atoms with E-state index in [1.54, 1.807) is 17.8 Å². The molecule has 0 saturated carbocycles. The molecule has 0 bridgehead atoms. The SMILES string of the molecule is CCSc1cc2c(cc1Cl)CN(C(=O)c1cc(S(C)(=O)=O)ccc1OCC(F)(F)F)C2. The van der Waals surface area contributed by atoms with E-state index in [1.165, 1.54) is 4.90 Å². The summed E-state index contributed by atoms with van der Waals surface area (Å²) in [5, 5.41) is 0.563. The number of fused-ring (bicyclic) bond motifs is 1. The van der Waals surface area contributed by atoms with Crippen molar-refractivity contribution in [3.05, 3.63) is 52.0 Å². The highest BCUT2D eigenvalue weighted by Crippen LogP contribution is 2.35. The van der Waals surface area contributed by atoms with Crippen LogP contribution in [0.15, 0.2) is 40.1 Å². The molecule has 0 unspecified atom stereocenters. The van der Waals surface area contributed by atoms with Gasteiger partial charge in [-0.1, -0.05) is 18.5 Å². The number of halogens is 4. The summed E-state index contributed by atoms with van der Waals surface area (Å²) in [7, 11) is -3.68. The summed E-state index contributed by atoms with van der Waals surface area (Å²) in [5.74, 6) is -0.134. The molecule has 0 aliphatic carbocycles. The molecule has 1 heterocycles. The minimum absolute atomic E-state index is 0.184. The molecule has 1 aliphatic heterocycles. The second-order valence-corrected chi connectivity index (χ2v) is 10.7. The van der Waals surface area contributed by atoms with Crippen molar-refractivity contribution < 1.29 is 31.1 Å². The van der Waals surface area contributed by atoms with Crippen LogP contribution in [-0.4, -0.2) is 44.0 Å². The Hall–Kier alpha value is -1.91. The molecule has 0 fully saturated rings. The van der Waals surface area contributed by atoms with Crippen LogP contribution in [0.4, 0.5) is 13.2 Å². The Morgan fingerprint density at radius 3 is 2.42 bits per heavy atom. The first-order chi connectivity index (χ1) is 14.4. The molecule has 1 amide bonds. The lowest BCUT2D eigenvalue weighted by atomic mass is 10.1. The van der Waals surface area contributed by atoms with Crippen molar-refractivity contribution in [1.82, 2.24) is 4.90 Å². The van der Waals surface area contributed by atoms with Crippen molar-refractivity contribution in [2.24, 2.45) is 0 Å². The van der Waals surface area contributed by atoms with Gasteiger partial charge < -0.3 is 9.64 Å². The van der Waals surface area contributed by atoms with Gasteiger partial charge in [-0.2, -0.15) is 13.2 Å². The van der Waals surface area contributed by atoms with Crippen LogP contribution in [0.25, 0.3) is 0 Å². The summed E-state index contributed by atoms with van der Waals surface area (Å²) >= 11 is 7.85. The number of hydrogen-bond donors (Lipinski definition) is 0. The second-order valence-electron chi connectivity index (χ2n) is 6.98. The van der Waals surface area contributed by atoms with Crippen LogP contribution in [0.1, 0.15) is 28.4 Å². The maximum atomic E-state index is 13.2. The number of rotatable bonds is 6. The molecule has 0 aromatic heterocycles. The average molecular weight is 494 g/mol. The molecule has 5 nitrogen and oxygen atoms in total. The Bertz CT molecular complexity index is 1120. The zero-order chi connectivity index (χ0) is 23.0. The molecule has 1 aliphatic rings. The predicted molar refractivity (Wildman–Crippen MR) is 113 cm³/mol. The molecule has 2 aromatic rings. The van der Waals surface area contributed by atoms with E-state index in [9.17, 15) is 26.4 Å². The third-order valence-corrected chi connectivity index (χ3v) is 7.04. The Labute approximate surface area is 187 Å². The number of carbonyl (C=O) groups is 1. The van der Waals surface area contributed by atoms with Gasteiger partial charge in [-0.05, 0) is 47.2 Å². The second kappa shape index (κ2) is 8.91. The fourth-order valence-corrected chi connectivity index (χ4v) is 4.90. The number of sulfone groups is 1. The fraction of sp³-hybridized carbons (Fsp3) is 0.350. The third kappa shape index (κ3) is 5.67. The highest BCUT2D eigenvalue weighted by molar-refractivity contribution is 7.99. The Morgan fingerprint density at radius 2 is 1.84 bits per heavy atom. The predicted octanol–water partition coefficient (Wildman–Crippen LogP) is 4.95. The summed E-state index contributed by atoms with van der Waals surface area (Å²) in [4.78, 5) is 15.3. The maximum absolute atomic E-state index is 13.2. The number of thioether (sulfide) groups is 1. The van der Waals surface area contributed by atoms with Gasteiger partial charge in [-0.3, -0.25) is 4.79 Å². The van der Waals surface area contributed by atoms with Gasteiger partial charge in [-0.25, -0.2) is 8.42 Å². The highest BCUT2D eigenvalue weighted by atomic mass is 35.5. The number of amides is 1. The van der Waals surface area contributed by atoms with Gasteiger partial charge in [0.1, 0.15) is 5.75 Å². The van der Waals surface area contributed by atoms with Gasteiger partial charge in [0, 0.05) is 24.2 Å². The lowest BCUT2D eigenvalue weighted by Gasteiger charge is -2.19. The van der Waals surface area contributed by atoms with Gasteiger partial charge in [0.15, 0.2) is 16.4 Å². The van der Waals surface area contributed by atoms with Crippen molar-refractivity contribution in [3.63, 3.8) is 0 Å². The standard InChI is InChI=1S/C20H19ClF3NO4S2/c1-3-30-18-7-13-10-25(9-12(13)6-16(18)21)19(26)15-8-14(31(2,27)28)4-5-17(15)29-11-20(22,23)24/h4-8H,3,9-11H2,1-2H3. The number of hydrogen-bond acceptors (Lipinski definition) is 5. The largest absolute Gasteiger partial charge is 0.483 e. The van der Waals surface area contributed by atoms with Crippen LogP contribution in [-0.2, 0) is 22.9 Å². The first kappa shape index (κ1) is 23.7. The zero-order valence-electron chi connectivity index (χ0n) is 16.6. The van der Waals surface area contributed by atoms with Gasteiger partial charge in [0.2, 0.25) is 0 Å². The van der Waals surface area contributed by atoms with E-state index in [4.69, 9.17) is 16.3 Å². The number of nitrogens with zero attached hydrogens (tertiary/aromatic N) is 1. The van der Waals surface area contributed by atoms with E-state index in [0.717, 1.165) is 46.2 Å². The zero-order valence-corrected chi connectivity index (χ0v) is 19.0. The van der Waals surface area contributed by atoms with E-state index >= 15 is 0 Å². The average Bonchev–Trinajstić information content (AvgIpc) is 3.07. The molecule has 0 spiro atoms. The summed E-state index contributed by atoms with van der Waals surface area (Å²) in [5.41, 5.74) is 1.47. The molecule has 0 N–H and O–H groups in total. The molecule has 0 saturated heterocycles. The van der Waals surface area contributed by atoms with E-state index in [1.807, 2.05) is 13.0 Å². The van der Waals surface area contributed by atoms with Crippen LogP contribution in [0.5, 0.6) is 5.75 Å². The van der Waals surface area contributed by atoms with Crippen LogP contribution in [0, 0.1) is 0 Å². The molecule has 31 heavy (non-hydrogen) atoms. The minimum Gasteiger partial charge on any atom is -0.483 e. The summed E-state index contributed by atoms with van der Waals surface area (Å²) in [6.07, 6.45) is -3.66.